The molecule has 0 atom stereocenters. The molecule has 1 aromatic carbocycles. The fourth-order valence-corrected chi connectivity index (χ4v) is 3.97. The molecule has 0 radical (unpaired) electrons. The van der Waals surface area contributed by atoms with Crippen molar-refractivity contribution in [1.82, 2.24) is 5.32 Å². The second kappa shape index (κ2) is 9.41. The largest absolute Gasteiger partial charge is 0.489 e. The maximum absolute atomic E-state index is 14.4. The molecule has 0 heterocycles. The van der Waals surface area contributed by atoms with Gasteiger partial charge in [0.1, 0.15) is 11.6 Å². The molecule has 2 aliphatic carbocycles. The molecule has 5 nitrogen and oxygen atoms in total. The Morgan fingerprint density at radius 1 is 1.11 bits per heavy atom. The van der Waals surface area contributed by atoms with Gasteiger partial charge in [-0.1, -0.05) is 11.6 Å². The summed E-state index contributed by atoms with van der Waals surface area (Å²) in [6.07, 6.45) is 6.89. The molecule has 1 saturated carbocycles. The quantitative estimate of drug-likeness (QED) is 0.714. The number of carbonyl (C=O) groups excluding carboxylic acids is 2. The molecule has 0 saturated heterocycles. The van der Waals surface area contributed by atoms with E-state index in [0.717, 1.165) is 44.6 Å². The molecule has 0 unspecified atom stereocenters. The number of benzene rings is 1. The van der Waals surface area contributed by atoms with Gasteiger partial charge in [0.25, 0.3) is 5.91 Å². The molecule has 28 heavy (non-hydrogen) atoms. The first kappa shape index (κ1) is 20.6. The molecule has 0 aromatic heterocycles. The van der Waals surface area contributed by atoms with Crippen molar-refractivity contribution in [3.63, 3.8) is 0 Å². The molecule has 152 valence electrons. The van der Waals surface area contributed by atoms with E-state index in [1.165, 1.54) is 6.07 Å². The Morgan fingerprint density at radius 3 is 2.39 bits per heavy atom. The molecule has 2 aliphatic rings. The predicted octanol–water partition coefficient (Wildman–Crippen LogP) is 4.75. The number of hydrogen-bond acceptors (Lipinski definition) is 3. The number of nitrogens with one attached hydrogen (secondary N) is 2. The standard InChI is InChI=1S/C21H26ClFN2O3/c1-2-24-20(26)14-9-5-6-10-15(14)21(27)25-18-12-19(16(22)11-17(18)23)28-13-7-3-4-8-13/h11-13H,2-10H2,1H3,(H,24,26)(H,25,27). The molecule has 3 rings (SSSR count). The van der Waals surface area contributed by atoms with Gasteiger partial charge in [0.05, 0.1) is 16.8 Å². The van der Waals surface area contributed by atoms with E-state index >= 15 is 0 Å². The second-order valence-electron chi connectivity index (χ2n) is 7.26. The smallest absolute Gasteiger partial charge is 0.252 e. The van der Waals surface area contributed by atoms with Crippen LogP contribution in [0, 0.1) is 5.82 Å². The van der Waals surface area contributed by atoms with Gasteiger partial charge in [-0.05, 0) is 64.4 Å². The summed E-state index contributed by atoms with van der Waals surface area (Å²) >= 11 is 6.12. The van der Waals surface area contributed by atoms with Crippen LogP contribution in [-0.2, 0) is 9.59 Å². The highest BCUT2D eigenvalue weighted by Crippen LogP contribution is 2.34. The molecule has 1 fully saturated rings. The lowest BCUT2D eigenvalue weighted by Gasteiger charge is -2.20. The molecule has 0 bridgehead atoms. The van der Waals surface area contributed by atoms with Crippen LogP contribution >= 0.6 is 11.6 Å². The van der Waals surface area contributed by atoms with Gasteiger partial charge in [0.15, 0.2) is 0 Å². The summed E-state index contributed by atoms with van der Waals surface area (Å²) in [5.74, 6) is -0.942. The van der Waals surface area contributed by atoms with E-state index < -0.39 is 11.7 Å². The van der Waals surface area contributed by atoms with Crippen LogP contribution in [0.25, 0.3) is 0 Å². The lowest BCUT2D eigenvalue weighted by atomic mass is 9.90. The summed E-state index contributed by atoms with van der Waals surface area (Å²) in [5.41, 5.74) is 0.919. The van der Waals surface area contributed by atoms with Crippen LogP contribution in [0.4, 0.5) is 10.1 Å². The van der Waals surface area contributed by atoms with Crippen LogP contribution in [-0.4, -0.2) is 24.5 Å². The topological polar surface area (TPSA) is 67.4 Å². The third kappa shape index (κ3) is 4.85. The van der Waals surface area contributed by atoms with Crippen molar-refractivity contribution in [1.29, 1.82) is 0 Å². The Morgan fingerprint density at radius 2 is 1.75 bits per heavy atom. The van der Waals surface area contributed by atoms with Crippen molar-refractivity contribution in [3.05, 3.63) is 34.1 Å². The lowest BCUT2D eigenvalue weighted by Crippen LogP contribution is -2.29. The van der Waals surface area contributed by atoms with Gasteiger partial charge in [-0.25, -0.2) is 4.39 Å². The van der Waals surface area contributed by atoms with Gasteiger partial charge in [-0.3, -0.25) is 9.59 Å². The molecule has 0 aliphatic heterocycles. The Hall–Kier alpha value is -2.08. The van der Waals surface area contributed by atoms with Crippen molar-refractivity contribution in [3.8, 4) is 5.75 Å². The fraction of sp³-hybridized carbons (Fsp3) is 0.524. The van der Waals surface area contributed by atoms with Crippen molar-refractivity contribution in [2.24, 2.45) is 0 Å². The molecule has 7 heteroatoms. The number of rotatable bonds is 6. The number of hydrogen-bond donors (Lipinski definition) is 2. The van der Waals surface area contributed by atoms with Crippen molar-refractivity contribution >= 4 is 29.1 Å². The van der Waals surface area contributed by atoms with Crippen molar-refractivity contribution in [2.45, 2.75) is 64.4 Å². The van der Waals surface area contributed by atoms with Crippen LogP contribution in [0.3, 0.4) is 0 Å². The highest BCUT2D eigenvalue weighted by atomic mass is 35.5. The van der Waals surface area contributed by atoms with Gasteiger partial charge in [-0.2, -0.15) is 0 Å². The summed E-state index contributed by atoms with van der Waals surface area (Å²) in [6, 6.07) is 2.59. The Labute approximate surface area is 169 Å². The van der Waals surface area contributed by atoms with E-state index in [0.29, 0.717) is 36.3 Å². The number of halogens is 2. The monoisotopic (exact) mass is 408 g/mol. The Kier molecular flexibility index (Phi) is 6.94. The maximum atomic E-state index is 14.4. The van der Waals surface area contributed by atoms with Crippen LogP contribution < -0.4 is 15.4 Å². The summed E-state index contributed by atoms with van der Waals surface area (Å²) < 4.78 is 20.3. The van der Waals surface area contributed by atoms with Gasteiger partial charge < -0.3 is 15.4 Å². The first-order valence-corrected chi connectivity index (χ1v) is 10.3. The first-order chi connectivity index (χ1) is 13.5. The van der Waals surface area contributed by atoms with E-state index in [1.54, 1.807) is 0 Å². The van der Waals surface area contributed by atoms with Crippen LogP contribution in [0.2, 0.25) is 5.02 Å². The molecular formula is C21H26ClFN2O3. The summed E-state index contributed by atoms with van der Waals surface area (Å²) in [6.45, 7) is 2.32. The van der Waals surface area contributed by atoms with E-state index in [1.807, 2.05) is 6.92 Å². The third-order valence-electron chi connectivity index (χ3n) is 5.22. The third-order valence-corrected chi connectivity index (χ3v) is 5.51. The average Bonchev–Trinajstić information content (AvgIpc) is 3.19. The SMILES string of the molecule is CCNC(=O)C1=C(C(=O)Nc2cc(OC3CCCC3)c(Cl)cc2F)CCCC1. The maximum Gasteiger partial charge on any atom is 0.252 e. The number of carbonyl (C=O) groups is 2. The summed E-state index contributed by atoms with van der Waals surface area (Å²) in [5, 5.41) is 5.54. The zero-order valence-electron chi connectivity index (χ0n) is 16.1. The summed E-state index contributed by atoms with van der Waals surface area (Å²) in [4.78, 5) is 25.1. The normalized spacial score (nSPS) is 17.5. The number of likely N-dealkylation sites (N-methyl/N-ethyl adjacent to an activating group) is 1. The van der Waals surface area contributed by atoms with E-state index in [9.17, 15) is 14.0 Å². The van der Waals surface area contributed by atoms with Crippen LogP contribution in [0.5, 0.6) is 5.75 Å². The molecule has 0 spiro atoms. The zero-order chi connectivity index (χ0) is 20.1. The Bertz CT molecular complexity index is 788. The van der Waals surface area contributed by atoms with Crippen LogP contribution in [0.1, 0.15) is 58.3 Å². The predicted molar refractivity (Wildman–Crippen MR) is 107 cm³/mol. The zero-order valence-corrected chi connectivity index (χ0v) is 16.8. The lowest BCUT2D eigenvalue weighted by molar-refractivity contribution is -0.119. The summed E-state index contributed by atoms with van der Waals surface area (Å²) in [7, 11) is 0. The van der Waals surface area contributed by atoms with Crippen LogP contribution in [0.15, 0.2) is 23.3 Å². The Balaban J connectivity index is 1.81. The minimum atomic E-state index is -0.631. The van der Waals surface area contributed by atoms with E-state index in [4.69, 9.17) is 16.3 Å². The highest BCUT2D eigenvalue weighted by molar-refractivity contribution is 6.32. The van der Waals surface area contributed by atoms with Gasteiger partial charge in [-0.15, -0.1) is 0 Å². The van der Waals surface area contributed by atoms with E-state index in [-0.39, 0.29) is 22.7 Å². The van der Waals surface area contributed by atoms with Crippen molar-refractivity contribution in [2.75, 3.05) is 11.9 Å². The minimum absolute atomic E-state index is 0.00993. The second-order valence-corrected chi connectivity index (χ2v) is 7.67. The number of amides is 2. The highest BCUT2D eigenvalue weighted by Gasteiger charge is 2.25. The van der Waals surface area contributed by atoms with Gasteiger partial charge >= 0.3 is 0 Å². The van der Waals surface area contributed by atoms with Gasteiger partial charge in [0.2, 0.25) is 5.91 Å². The number of ether oxygens (including phenoxy) is 1. The number of anilines is 1. The average molecular weight is 409 g/mol. The molecule has 1 aromatic rings. The minimum Gasteiger partial charge on any atom is -0.489 e. The first-order valence-electron chi connectivity index (χ1n) is 9.97. The fourth-order valence-electron chi connectivity index (χ4n) is 3.77. The molecule has 2 N–H and O–H groups in total. The van der Waals surface area contributed by atoms with E-state index in [2.05, 4.69) is 10.6 Å². The van der Waals surface area contributed by atoms with Gasteiger partial charge in [0, 0.05) is 23.8 Å². The van der Waals surface area contributed by atoms with Crippen molar-refractivity contribution < 1.29 is 18.7 Å². The molecule has 2 amide bonds. The molecular weight excluding hydrogens is 383 g/mol.